The fourth-order valence-corrected chi connectivity index (χ4v) is 4.05. The standard InChI is InChI=1S/C16H19F3O2/c17-16(18,19)21-15-4-2-1-3-13(15)14(20)9-12-8-10-5-6-11(12)7-10/h1-4,10-12,14,20H,5-9H2. The van der Waals surface area contributed by atoms with Crippen LogP contribution in [0, 0.1) is 17.8 Å². The second-order valence-electron chi connectivity index (χ2n) is 6.27. The molecular formula is C16H19F3O2. The molecule has 2 aliphatic rings. The van der Waals surface area contributed by atoms with Crippen LogP contribution in [0.2, 0.25) is 0 Å². The van der Waals surface area contributed by atoms with Gasteiger partial charge in [-0.3, -0.25) is 0 Å². The van der Waals surface area contributed by atoms with Crippen molar-refractivity contribution in [2.75, 3.05) is 0 Å². The number of benzene rings is 1. The minimum Gasteiger partial charge on any atom is -0.405 e. The van der Waals surface area contributed by atoms with Gasteiger partial charge in [0.05, 0.1) is 6.10 Å². The number of fused-ring (bicyclic) bond motifs is 2. The van der Waals surface area contributed by atoms with Gasteiger partial charge in [0.25, 0.3) is 0 Å². The van der Waals surface area contributed by atoms with Crippen LogP contribution >= 0.6 is 0 Å². The summed E-state index contributed by atoms with van der Waals surface area (Å²) < 4.78 is 41.2. The summed E-state index contributed by atoms with van der Waals surface area (Å²) in [6.45, 7) is 0. The Hall–Kier alpha value is -1.23. The van der Waals surface area contributed by atoms with E-state index in [1.165, 1.54) is 37.5 Å². The molecule has 0 amide bonds. The van der Waals surface area contributed by atoms with Crippen molar-refractivity contribution < 1.29 is 23.0 Å². The lowest BCUT2D eigenvalue weighted by Crippen LogP contribution is -2.19. The Balaban J connectivity index is 1.71. The molecule has 2 aliphatic carbocycles. The molecule has 3 rings (SSSR count). The SMILES string of the molecule is OC(CC1CC2CCC1C2)c1ccccc1OC(F)(F)F. The maximum Gasteiger partial charge on any atom is 0.573 e. The highest BCUT2D eigenvalue weighted by Crippen LogP contribution is 2.51. The van der Waals surface area contributed by atoms with Crippen LogP contribution in [-0.2, 0) is 0 Å². The van der Waals surface area contributed by atoms with E-state index in [4.69, 9.17) is 0 Å². The highest BCUT2D eigenvalue weighted by Gasteiger charge is 2.40. The number of aliphatic hydroxyl groups excluding tert-OH is 1. The Bertz CT molecular complexity index is 501. The zero-order valence-corrected chi connectivity index (χ0v) is 11.6. The second-order valence-corrected chi connectivity index (χ2v) is 6.27. The zero-order chi connectivity index (χ0) is 15.0. The predicted molar refractivity (Wildman–Crippen MR) is 71.6 cm³/mol. The molecule has 0 heterocycles. The first-order chi connectivity index (χ1) is 9.92. The van der Waals surface area contributed by atoms with E-state index in [1.54, 1.807) is 6.07 Å². The molecule has 0 aromatic heterocycles. The van der Waals surface area contributed by atoms with Gasteiger partial charge in [-0.2, -0.15) is 0 Å². The van der Waals surface area contributed by atoms with Crippen LogP contribution in [0.5, 0.6) is 5.75 Å². The van der Waals surface area contributed by atoms with Gasteiger partial charge in [0, 0.05) is 5.56 Å². The Morgan fingerprint density at radius 1 is 1.19 bits per heavy atom. The van der Waals surface area contributed by atoms with Crippen molar-refractivity contribution in [3.05, 3.63) is 29.8 Å². The Morgan fingerprint density at radius 2 is 1.95 bits per heavy atom. The molecule has 4 atom stereocenters. The van der Waals surface area contributed by atoms with Crippen LogP contribution < -0.4 is 4.74 Å². The van der Waals surface area contributed by atoms with Crippen molar-refractivity contribution in [2.24, 2.45) is 17.8 Å². The molecule has 0 spiro atoms. The molecule has 5 heteroatoms. The molecular weight excluding hydrogens is 281 g/mol. The minimum atomic E-state index is -4.73. The van der Waals surface area contributed by atoms with Gasteiger partial charge in [0.15, 0.2) is 0 Å². The van der Waals surface area contributed by atoms with Gasteiger partial charge in [-0.1, -0.05) is 24.6 Å². The highest BCUT2D eigenvalue weighted by atomic mass is 19.4. The minimum absolute atomic E-state index is 0.234. The van der Waals surface area contributed by atoms with E-state index >= 15 is 0 Å². The first kappa shape index (κ1) is 14.7. The van der Waals surface area contributed by atoms with Crippen molar-refractivity contribution in [3.63, 3.8) is 0 Å². The smallest absolute Gasteiger partial charge is 0.405 e. The summed E-state index contributed by atoms with van der Waals surface area (Å²) in [7, 11) is 0. The number of rotatable bonds is 4. The molecule has 4 unspecified atom stereocenters. The molecule has 21 heavy (non-hydrogen) atoms. The van der Waals surface area contributed by atoms with Crippen molar-refractivity contribution in [1.82, 2.24) is 0 Å². The number of hydrogen-bond acceptors (Lipinski definition) is 2. The summed E-state index contributed by atoms with van der Waals surface area (Å²) in [6, 6.07) is 5.88. The van der Waals surface area contributed by atoms with Gasteiger partial charge in [-0.05, 0) is 49.5 Å². The third kappa shape index (κ3) is 3.34. The van der Waals surface area contributed by atoms with E-state index in [0.29, 0.717) is 18.3 Å². The first-order valence-electron chi connectivity index (χ1n) is 7.45. The van der Waals surface area contributed by atoms with Gasteiger partial charge in [-0.25, -0.2) is 0 Å². The maximum atomic E-state index is 12.4. The van der Waals surface area contributed by atoms with E-state index in [2.05, 4.69) is 4.74 Å². The first-order valence-corrected chi connectivity index (χ1v) is 7.45. The summed E-state index contributed by atoms with van der Waals surface area (Å²) in [5.41, 5.74) is 0.234. The number of halogens is 3. The molecule has 116 valence electrons. The number of hydrogen-bond donors (Lipinski definition) is 1. The molecule has 1 N–H and O–H groups in total. The monoisotopic (exact) mass is 300 g/mol. The molecule has 2 saturated carbocycles. The molecule has 0 radical (unpaired) electrons. The summed E-state index contributed by atoms with van der Waals surface area (Å²) in [4.78, 5) is 0. The summed E-state index contributed by atoms with van der Waals surface area (Å²) in [5, 5.41) is 10.3. The third-order valence-corrected chi connectivity index (χ3v) is 4.91. The lowest BCUT2D eigenvalue weighted by atomic mass is 9.83. The average Bonchev–Trinajstić information content (AvgIpc) is 2.99. The van der Waals surface area contributed by atoms with Crippen LogP contribution in [0.15, 0.2) is 24.3 Å². The van der Waals surface area contributed by atoms with Gasteiger partial charge < -0.3 is 9.84 Å². The Labute approximate surface area is 121 Å². The van der Waals surface area contributed by atoms with Gasteiger partial charge >= 0.3 is 6.36 Å². The van der Waals surface area contributed by atoms with Crippen molar-refractivity contribution in [1.29, 1.82) is 0 Å². The molecule has 1 aromatic rings. The average molecular weight is 300 g/mol. The molecule has 2 bridgehead atoms. The van der Waals surface area contributed by atoms with Crippen LogP contribution in [0.1, 0.15) is 43.8 Å². The lowest BCUT2D eigenvalue weighted by molar-refractivity contribution is -0.275. The lowest BCUT2D eigenvalue weighted by Gasteiger charge is -2.25. The number of alkyl halides is 3. The van der Waals surface area contributed by atoms with E-state index in [-0.39, 0.29) is 11.3 Å². The van der Waals surface area contributed by atoms with Gasteiger partial charge in [-0.15, -0.1) is 13.2 Å². The fourth-order valence-electron chi connectivity index (χ4n) is 4.05. The maximum absolute atomic E-state index is 12.4. The highest BCUT2D eigenvalue weighted by molar-refractivity contribution is 5.35. The van der Waals surface area contributed by atoms with E-state index in [0.717, 1.165) is 12.3 Å². The quantitative estimate of drug-likeness (QED) is 0.890. The van der Waals surface area contributed by atoms with Crippen LogP contribution in [0.3, 0.4) is 0 Å². The predicted octanol–water partition coefficient (Wildman–Crippen LogP) is 4.44. The molecule has 2 fully saturated rings. The van der Waals surface area contributed by atoms with E-state index in [1.807, 2.05) is 0 Å². The fraction of sp³-hybridized carbons (Fsp3) is 0.625. The zero-order valence-electron chi connectivity index (χ0n) is 11.6. The van der Waals surface area contributed by atoms with Crippen LogP contribution in [0.4, 0.5) is 13.2 Å². The van der Waals surface area contributed by atoms with Crippen molar-refractivity contribution in [3.8, 4) is 5.75 Å². The summed E-state index contributed by atoms with van der Waals surface area (Å²) in [6.07, 6.45) is -0.315. The molecule has 2 nitrogen and oxygen atoms in total. The van der Waals surface area contributed by atoms with Gasteiger partial charge in [0.1, 0.15) is 5.75 Å². The van der Waals surface area contributed by atoms with Crippen LogP contribution in [0.25, 0.3) is 0 Å². The summed E-state index contributed by atoms with van der Waals surface area (Å²) in [5.74, 6) is 1.53. The van der Waals surface area contributed by atoms with E-state index < -0.39 is 12.5 Å². The summed E-state index contributed by atoms with van der Waals surface area (Å²) >= 11 is 0. The normalized spacial score (nSPS) is 29.6. The topological polar surface area (TPSA) is 29.5 Å². The Kier molecular flexibility index (Phi) is 3.86. The molecule has 0 aliphatic heterocycles. The van der Waals surface area contributed by atoms with Gasteiger partial charge in [0.2, 0.25) is 0 Å². The largest absolute Gasteiger partial charge is 0.573 e. The Morgan fingerprint density at radius 3 is 2.57 bits per heavy atom. The second kappa shape index (κ2) is 5.52. The number of ether oxygens (including phenoxy) is 1. The van der Waals surface area contributed by atoms with Crippen molar-refractivity contribution >= 4 is 0 Å². The number of para-hydroxylation sites is 1. The van der Waals surface area contributed by atoms with E-state index in [9.17, 15) is 18.3 Å². The third-order valence-electron chi connectivity index (χ3n) is 4.91. The van der Waals surface area contributed by atoms with Crippen LogP contribution in [-0.4, -0.2) is 11.5 Å². The van der Waals surface area contributed by atoms with Crippen molar-refractivity contribution in [2.45, 2.75) is 44.6 Å². The molecule has 1 aromatic carbocycles. The molecule has 0 saturated heterocycles. The number of aliphatic hydroxyl groups is 1.